The summed E-state index contributed by atoms with van der Waals surface area (Å²) in [7, 11) is 1.77. The number of carbonyl (C=O) groups excluding carboxylic acids is 2. The minimum Gasteiger partial charge on any atom is -0.444 e. The van der Waals surface area contributed by atoms with Gasteiger partial charge in [-0.2, -0.15) is 0 Å². The van der Waals surface area contributed by atoms with Crippen molar-refractivity contribution in [2.45, 2.75) is 26.4 Å². The van der Waals surface area contributed by atoms with Crippen LogP contribution in [0, 0.1) is 5.82 Å². The first-order valence-electron chi connectivity index (χ1n) is 8.90. The molecule has 0 unspecified atom stereocenters. The number of hydrogen-bond donors (Lipinski definition) is 2. The third kappa shape index (κ3) is 4.59. The van der Waals surface area contributed by atoms with Crippen molar-refractivity contribution < 1.29 is 18.7 Å². The van der Waals surface area contributed by atoms with Crippen LogP contribution < -0.4 is 10.6 Å². The first-order valence-corrected chi connectivity index (χ1v) is 9.70. The molecule has 0 spiro atoms. The van der Waals surface area contributed by atoms with Gasteiger partial charge in [0.25, 0.3) is 5.91 Å². The topological polar surface area (TPSA) is 72.4 Å². The first kappa shape index (κ1) is 20.9. The summed E-state index contributed by atoms with van der Waals surface area (Å²) in [5.74, 6) is -1.00. The van der Waals surface area contributed by atoms with Gasteiger partial charge in [0.15, 0.2) is 0 Å². The van der Waals surface area contributed by atoms with Crippen LogP contribution in [0.1, 0.15) is 31.3 Å². The lowest BCUT2D eigenvalue weighted by Crippen LogP contribution is -2.27. The fourth-order valence-electron chi connectivity index (χ4n) is 2.92. The van der Waals surface area contributed by atoms with Crippen molar-refractivity contribution in [3.8, 4) is 0 Å². The van der Waals surface area contributed by atoms with Crippen LogP contribution in [0.4, 0.5) is 20.6 Å². The summed E-state index contributed by atoms with van der Waals surface area (Å²) in [6, 6.07) is 11.3. The standard InChI is InChI=1S/C21H21BrFN3O3/c1-21(2,3)29-20(28)25-14-10-9-12(23)11-15(14)24-19(27)18-17(22)13-7-5-6-8-16(13)26(18)4/h5-11H,1-4H3,(H,24,27)(H,25,28). The normalized spacial score (nSPS) is 11.4. The Hall–Kier alpha value is -2.87. The molecule has 0 bridgehead atoms. The maximum atomic E-state index is 13.8. The van der Waals surface area contributed by atoms with E-state index in [0.29, 0.717) is 10.2 Å². The molecular formula is C21H21BrFN3O3. The molecule has 0 saturated heterocycles. The predicted octanol–water partition coefficient (Wildman–Crippen LogP) is 5.68. The molecule has 2 amide bonds. The summed E-state index contributed by atoms with van der Waals surface area (Å²) in [5, 5.41) is 6.11. The van der Waals surface area contributed by atoms with Gasteiger partial charge in [0.05, 0.1) is 15.8 Å². The SMILES string of the molecule is Cn1c(C(=O)Nc2cc(F)ccc2NC(=O)OC(C)(C)C)c(Br)c2ccccc21. The number of nitrogens with zero attached hydrogens (tertiary/aromatic N) is 1. The van der Waals surface area contributed by atoms with E-state index < -0.39 is 23.4 Å². The molecule has 0 fully saturated rings. The Morgan fingerprint density at radius 1 is 1.07 bits per heavy atom. The van der Waals surface area contributed by atoms with Gasteiger partial charge in [-0.15, -0.1) is 0 Å². The lowest BCUT2D eigenvalue weighted by Gasteiger charge is -2.20. The van der Waals surface area contributed by atoms with Gasteiger partial charge in [-0.25, -0.2) is 9.18 Å². The van der Waals surface area contributed by atoms with Gasteiger partial charge in [0, 0.05) is 18.0 Å². The van der Waals surface area contributed by atoms with Gasteiger partial charge in [-0.1, -0.05) is 18.2 Å². The molecule has 6 nitrogen and oxygen atoms in total. The summed E-state index contributed by atoms with van der Waals surface area (Å²) in [6.07, 6.45) is -0.703. The first-order chi connectivity index (χ1) is 13.6. The van der Waals surface area contributed by atoms with Crippen LogP contribution >= 0.6 is 15.9 Å². The van der Waals surface area contributed by atoms with E-state index in [1.54, 1.807) is 32.4 Å². The Kier molecular flexibility index (Phi) is 5.66. The smallest absolute Gasteiger partial charge is 0.412 e. The molecule has 3 rings (SSSR count). The van der Waals surface area contributed by atoms with Crippen LogP contribution in [-0.2, 0) is 11.8 Å². The fraction of sp³-hybridized carbons (Fsp3) is 0.238. The summed E-state index contributed by atoms with van der Waals surface area (Å²) in [6.45, 7) is 5.20. The van der Waals surface area contributed by atoms with Crippen molar-refractivity contribution in [3.63, 3.8) is 0 Å². The maximum Gasteiger partial charge on any atom is 0.412 e. The Balaban J connectivity index is 1.91. The molecular weight excluding hydrogens is 441 g/mol. The van der Waals surface area contributed by atoms with Crippen molar-refractivity contribution >= 4 is 50.2 Å². The number of ether oxygens (including phenoxy) is 1. The maximum absolute atomic E-state index is 13.8. The van der Waals surface area contributed by atoms with Crippen molar-refractivity contribution in [2.75, 3.05) is 10.6 Å². The Labute approximate surface area is 176 Å². The zero-order valence-electron chi connectivity index (χ0n) is 16.5. The molecule has 3 aromatic rings. The third-order valence-corrected chi connectivity index (χ3v) is 4.93. The number of hydrogen-bond acceptors (Lipinski definition) is 3. The number of fused-ring (bicyclic) bond motifs is 1. The van der Waals surface area contributed by atoms with E-state index in [9.17, 15) is 14.0 Å². The number of rotatable bonds is 3. The largest absolute Gasteiger partial charge is 0.444 e. The minimum absolute atomic E-state index is 0.123. The summed E-state index contributed by atoms with van der Waals surface area (Å²) >= 11 is 3.48. The molecule has 2 aromatic carbocycles. The van der Waals surface area contributed by atoms with Gasteiger partial charge < -0.3 is 14.6 Å². The Bertz CT molecular complexity index is 1060. The number of carbonyl (C=O) groups is 2. The second-order valence-electron chi connectivity index (χ2n) is 7.51. The number of para-hydroxylation sites is 1. The number of aryl methyl sites for hydroxylation is 1. The molecule has 2 N–H and O–H groups in total. The van der Waals surface area contributed by atoms with Crippen LogP contribution in [0.15, 0.2) is 46.9 Å². The predicted molar refractivity (Wildman–Crippen MR) is 115 cm³/mol. The van der Waals surface area contributed by atoms with Crippen molar-refractivity contribution in [1.82, 2.24) is 4.57 Å². The third-order valence-electron chi connectivity index (χ3n) is 4.13. The number of anilines is 2. The molecule has 29 heavy (non-hydrogen) atoms. The molecule has 1 aromatic heterocycles. The van der Waals surface area contributed by atoms with E-state index in [2.05, 4.69) is 26.6 Å². The van der Waals surface area contributed by atoms with E-state index in [4.69, 9.17) is 4.74 Å². The lowest BCUT2D eigenvalue weighted by molar-refractivity contribution is 0.0635. The summed E-state index contributed by atoms with van der Waals surface area (Å²) in [4.78, 5) is 25.1. The highest BCUT2D eigenvalue weighted by molar-refractivity contribution is 9.10. The fourth-order valence-corrected chi connectivity index (χ4v) is 3.70. The van der Waals surface area contributed by atoms with E-state index >= 15 is 0 Å². The van der Waals surface area contributed by atoms with Crippen LogP contribution in [0.3, 0.4) is 0 Å². The summed E-state index contributed by atoms with van der Waals surface area (Å²) < 4.78 is 21.4. The van der Waals surface area contributed by atoms with Crippen molar-refractivity contribution in [2.24, 2.45) is 7.05 Å². The molecule has 1 heterocycles. The number of aromatic nitrogens is 1. The number of benzene rings is 2. The molecule has 0 radical (unpaired) electrons. The van der Waals surface area contributed by atoms with Gasteiger partial charge in [-0.3, -0.25) is 10.1 Å². The average Bonchev–Trinajstić information content (AvgIpc) is 2.87. The van der Waals surface area contributed by atoms with Crippen LogP contribution in [0.2, 0.25) is 0 Å². The number of nitrogens with one attached hydrogen (secondary N) is 2. The van der Waals surface area contributed by atoms with E-state index in [1.165, 1.54) is 12.1 Å². The molecule has 0 atom stereocenters. The molecule has 152 valence electrons. The Morgan fingerprint density at radius 3 is 2.41 bits per heavy atom. The molecule has 0 aliphatic rings. The highest BCUT2D eigenvalue weighted by atomic mass is 79.9. The Morgan fingerprint density at radius 2 is 1.76 bits per heavy atom. The molecule has 8 heteroatoms. The van der Waals surface area contributed by atoms with E-state index in [1.807, 2.05) is 24.3 Å². The van der Waals surface area contributed by atoms with Crippen LogP contribution in [0.25, 0.3) is 10.9 Å². The van der Waals surface area contributed by atoms with Gasteiger partial charge in [0.1, 0.15) is 17.1 Å². The second kappa shape index (κ2) is 7.87. The molecule has 0 aliphatic carbocycles. The highest BCUT2D eigenvalue weighted by Crippen LogP contribution is 2.32. The van der Waals surface area contributed by atoms with Crippen LogP contribution in [-0.4, -0.2) is 22.2 Å². The molecule has 0 aliphatic heterocycles. The second-order valence-corrected chi connectivity index (χ2v) is 8.30. The van der Waals surface area contributed by atoms with Crippen LogP contribution in [0.5, 0.6) is 0 Å². The number of halogens is 2. The monoisotopic (exact) mass is 461 g/mol. The summed E-state index contributed by atoms with van der Waals surface area (Å²) in [5.41, 5.74) is 0.901. The average molecular weight is 462 g/mol. The van der Waals surface area contributed by atoms with Gasteiger partial charge >= 0.3 is 6.09 Å². The number of amides is 2. The van der Waals surface area contributed by atoms with Gasteiger partial charge in [-0.05, 0) is 61.0 Å². The highest BCUT2D eigenvalue weighted by Gasteiger charge is 2.22. The van der Waals surface area contributed by atoms with E-state index in [-0.39, 0.29) is 11.4 Å². The molecule has 0 saturated carbocycles. The van der Waals surface area contributed by atoms with Crippen molar-refractivity contribution in [3.05, 3.63) is 58.4 Å². The lowest BCUT2D eigenvalue weighted by atomic mass is 10.2. The van der Waals surface area contributed by atoms with E-state index in [0.717, 1.165) is 17.0 Å². The zero-order chi connectivity index (χ0) is 21.3. The quantitative estimate of drug-likeness (QED) is 0.526. The van der Waals surface area contributed by atoms with Crippen molar-refractivity contribution in [1.29, 1.82) is 0 Å². The minimum atomic E-state index is -0.703. The zero-order valence-corrected chi connectivity index (χ0v) is 18.1. The van der Waals surface area contributed by atoms with Gasteiger partial charge in [0.2, 0.25) is 0 Å².